The molecule has 4 aromatic heterocycles. The molecule has 174 valence electrons. The average Bonchev–Trinajstić information content (AvgIpc) is 3.59. The molecule has 0 radical (unpaired) electrons. The minimum Gasteiger partial charge on any atom is -0.358 e. The number of para-hydroxylation sites is 3. The van der Waals surface area contributed by atoms with Crippen molar-refractivity contribution in [2.75, 3.05) is 5.32 Å². The summed E-state index contributed by atoms with van der Waals surface area (Å²) in [7, 11) is 0. The SMILES string of the molecule is CC(C)c1cnn2c(N[C@@H]3CCc4[nH]c5ccccc5c4C3)nc(-n3cnc4ccccc43)nc12. The number of nitrogens with one attached hydrogen (secondary N) is 2. The number of hydrogen-bond acceptors (Lipinski definition) is 5. The second kappa shape index (κ2) is 7.66. The summed E-state index contributed by atoms with van der Waals surface area (Å²) in [6, 6.07) is 16.9. The van der Waals surface area contributed by atoms with E-state index in [1.165, 1.54) is 22.2 Å². The van der Waals surface area contributed by atoms with Gasteiger partial charge in [-0.15, -0.1) is 0 Å². The van der Waals surface area contributed by atoms with Crippen LogP contribution >= 0.6 is 0 Å². The van der Waals surface area contributed by atoms with Crippen molar-refractivity contribution < 1.29 is 0 Å². The lowest BCUT2D eigenvalue weighted by molar-refractivity contribution is 0.599. The van der Waals surface area contributed by atoms with Crippen molar-refractivity contribution >= 4 is 33.5 Å². The summed E-state index contributed by atoms with van der Waals surface area (Å²) in [5.74, 6) is 1.61. The first-order chi connectivity index (χ1) is 17.2. The molecule has 8 heteroatoms. The summed E-state index contributed by atoms with van der Waals surface area (Å²) in [6.45, 7) is 4.33. The Balaban J connectivity index is 1.32. The molecule has 0 fully saturated rings. The normalized spacial score (nSPS) is 15.9. The van der Waals surface area contributed by atoms with Crippen LogP contribution in [0.5, 0.6) is 0 Å². The van der Waals surface area contributed by atoms with Crippen LogP contribution in [-0.2, 0) is 12.8 Å². The van der Waals surface area contributed by atoms with Gasteiger partial charge in [0.15, 0.2) is 5.65 Å². The Morgan fingerprint density at radius 2 is 1.91 bits per heavy atom. The van der Waals surface area contributed by atoms with Crippen LogP contribution in [0.25, 0.3) is 33.5 Å². The first-order valence-electron chi connectivity index (χ1n) is 12.2. The number of rotatable bonds is 4. The highest BCUT2D eigenvalue weighted by Gasteiger charge is 2.25. The van der Waals surface area contributed by atoms with Crippen molar-refractivity contribution in [3.05, 3.63) is 77.9 Å². The summed E-state index contributed by atoms with van der Waals surface area (Å²) >= 11 is 0. The molecule has 4 heterocycles. The highest BCUT2D eigenvalue weighted by molar-refractivity contribution is 5.85. The van der Waals surface area contributed by atoms with E-state index in [0.29, 0.717) is 17.8 Å². The Bertz CT molecular complexity index is 1700. The van der Waals surface area contributed by atoms with E-state index in [1.807, 2.05) is 39.5 Å². The molecule has 0 aliphatic heterocycles. The fraction of sp³-hybridized carbons (Fsp3) is 0.259. The molecule has 1 atom stereocenters. The van der Waals surface area contributed by atoms with E-state index in [0.717, 1.165) is 41.5 Å². The predicted molar refractivity (Wildman–Crippen MR) is 137 cm³/mol. The van der Waals surface area contributed by atoms with Crippen LogP contribution in [0, 0.1) is 0 Å². The van der Waals surface area contributed by atoms with Gasteiger partial charge >= 0.3 is 0 Å². The highest BCUT2D eigenvalue weighted by Crippen LogP contribution is 2.31. The smallest absolute Gasteiger partial charge is 0.240 e. The lowest BCUT2D eigenvalue weighted by Crippen LogP contribution is -2.29. The van der Waals surface area contributed by atoms with Gasteiger partial charge in [0.05, 0.1) is 17.2 Å². The van der Waals surface area contributed by atoms with Gasteiger partial charge in [0.25, 0.3) is 0 Å². The minimum absolute atomic E-state index is 0.249. The molecule has 0 amide bonds. The summed E-state index contributed by atoms with van der Waals surface area (Å²) in [5, 5.41) is 9.71. The maximum atomic E-state index is 4.96. The summed E-state index contributed by atoms with van der Waals surface area (Å²) in [4.78, 5) is 18.1. The fourth-order valence-corrected chi connectivity index (χ4v) is 5.29. The maximum Gasteiger partial charge on any atom is 0.240 e. The Hall–Kier alpha value is -4.20. The zero-order valence-corrected chi connectivity index (χ0v) is 19.7. The Morgan fingerprint density at radius 3 is 2.83 bits per heavy atom. The van der Waals surface area contributed by atoms with Crippen molar-refractivity contribution in [3.8, 4) is 5.95 Å². The molecular weight excluding hydrogens is 436 g/mol. The number of imidazole rings is 1. The number of nitrogens with zero attached hydrogens (tertiary/aromatic N) is 6. The topological polar surface area (TPSA) is 88.7 Å². The maximum absolute atomic E-state index is 4.96. The molecular formula is C27H26N8. The van der Waals surface area contributed by atoms with Crippen molar-refractivity contribution in [1.29, 1.82) is 0 Å². The minimum atomic E-state index is 0.249. The monoisotopic (exact) mass is 462 g/mol. The molecule has 8 nitrogen and oxygen atoms in total. The van der Waals surface area contributed by atoms with E-state index >= 15 is 0 Å². The van der Waals surface area contributed by atoms with Gasteiger partial charge in [-0.1, -0.05) is 44.2 Å². The van der Waals surface area contributed by atoms with Crippen molar-refractivity contribution in [2.45, 2.75) is 45.1 Å². The number of hydrogen-bond donors (Lipinski definition) is 2. The third-order valence-corrected chi connectivity index (χ3v) is 7.10. The number of aromatic amines is 1. The van der Waals surface area contributed by atoms with E-state index in [2.05, 4.69) is 58.5 Å². The van der Waals surface area contributed by atoms with Crippen LogP contribution in [0.1, 0.15) is 43.0 Å². The third kappa shape index (κ3) is 3.20. The summed E-state index contributed by atoms with van der Waals surface area (Å²) in [5.41, 5.74) is 7.79. The zero-order valence-electron chi connectivity index (χ0n) is 19.7. The molecule has 0 spiro atoms. The third-order valence-electron chi connectivity index (χ3n) is 7.10. The molecule has 1 aliphatic carbocycles. The fourth-order valence-electron chi connectivity index (χ4n) is 5.29. The van der Waals surface area contributed by atoms with Gasteiger partial charge in [-0.2, -0.15) is 19.6 Å². The van der Waals surface area contributed by atoms with Crippen LogP contribution in [0.15, 0.2) is 61.1 Å². The van der Waals surface area contributed by atoms with Gasteiger partial charge in [-0.25, -0.2) is 4.98 Å². The van der Waals surface area contributed by atoms with E-state index in [4.69, 9.17) is 9.97 Å². The predicted octanol–water partition coefficient (Wildman–Crippen LogP) is 5.04. The van der Waals surface area contributed by atoms with Crippen LogP contribution in [0.4, 0.5) is 5.95 Å². The van der Waals surface area contributed by atoms with E-state index < -0.39 is 0 Å². The van der Waals surface area contributed by atoms with Crippen LogP contribution in [-0.4, -0.2) is 40.2 Å². The number of benzene rings is 2. The second-order valence-electron chi connectivity index (χ2n) is 9.65. The van der Waals surface area contributed by atoms with Crippen molar-refractivity contribution in [2.24, 2.45) is 0 Å². The number of anilines is 1. The number of aromatic nitrogens is 7. The van der Waals surface area contributed by atoms with E-state index in [9.17, 15) is 0 Å². The van der Waals surface area contributed by atoms with Gasteiger partial charge < -0.3 is 10.3 Å². The molecule has 35 heavy (non-hydrogen) atoms. The number of fused-ring (bicyclic) bond motifs is 5. The standard InChI is InChI=1S/C27H26N8/c1-16(2)20-14-29-35-25(20)32-26(34-15-28-23-9-5-6-10-24(23)34)33-27(35)30-17-11-12-22-19(13-17)18-7-3-4-8-21(18)31-22/h3-10,14-17,31H,11-13H2,1-2H3,(H,30,32,33)/t17-/m1/s1. The number of H-pyrrole nitrogens is 1. The van der Waals surface area contributed by atoms with E-state index in [-0.39, 0.29) is 6.04 Å². The zero-order chi connectivity index (χ0) is 23.5. The Labute approximate surface area is 202 Å². The van der Waals surface area contributed by atoms with E-state index in [1.54, 1.807) is 6.33 Å². The van der Waals surface area contributed by atoms with Gasteiger partial charge in [0.1, 0.15) is 6.33 Å². The van der Waals surface area contributed by atoms with Crippen LogP contribution in [0.2, 0.25) is 0 Å². The largest absolute Gasteiger partial charge is 0.358 e. The van der Waals surface area contributed by atoms with Gasteiger partial charge in [0.2, 0.25) is 11.9 Å². The first kappa shape index (κ1) is 20.2. The summed E-state index contributed by atoms with van der Waals surface area (Å²) in [6.07, 6.45) is 6.67. The second-order valence-corrected chi connectivity index (χ2v) is 9.65. The van der Waals surface area contributed by atoms with Crippen molar-refractivity contribution in [3.63, 3.8) is 0 Å². The molecule has 0 bridgehead atoms. The summed E-state index contributed by atoms with van der Waals surface area (Å²) < 4.78 is 3.80. The Morgan fingerprint density at radius 1 is 1.06 bits per heavy atom. The molecule has 0 unspecified atom stereocenters. The quantitative estimate of drug-likeness (QED) is 0.383. The average molecular weight is 463 g/mol. The lowest BCUT2D eigenvalue weighted by Gasteiger charge is -2.24. The van der Waals surface area contributed by atoms with Crippen LogP contribution < -0.4 is 5.32 Å². The molecule has 2 N–H and O–H groups in total. The number of aryl methyl sites for hydroxylation is 1. The van der Waals surface area contributed by atoms with Crippen LogP contribution in [0.3, 0.4) is 0 Å². The van der Waals surface area contributed by atoms with Gasteiger partial charge in [0, 0.05) is 28.2 Å². The highest BCUT2D eigenvalue weighted by atomic mass is 15.4. The molecule has 0 saturated heterocycles. The molecule has 1 aliphatic rings. The molecule has 7 rings (SSSR count). The molecule has 2 aromatic carbocycles. The Kier molecular flexibility index (Phi) is 4.42. The lowest BCUT2D eigenvalue weighted by atomic mass is 9.91. The molecule has 6 aromatic rings. The van der Waals surface area contributed by atoms with Gasteiger partial charge in [-0.3, -0.25) is 4.57 Å². The first-order valence-corrected chi connectivity index (χ1v) is 12.2. The van der Waals surface area contributed by atoms with Crippen molar-refractivity contribution in [1.82, 2.24) is 34.1 Å². The molecule has 0 saturated carbocycles. The van der Waals surface area contributed by atoms with Gasteiger partial charge in [-0.05, 0) is 48.9 Å².